The van der Waals surface area contributed by atoms with Gasteiger partial charge in [-0.3, -0.25) is 9.69 Å². The fraction of sp³-hybridized carbons (Fsp3) is 0.588. The second kappa shape index (κ2) is 5.76. The predicted molar refractivity (Wildman–Crippen MR) is 80.8 cm³/mol. The van der Waals surface area contributed by atoms with Crippen LogP contribution in [0.1, 0.15) is 42.1 Å². The summed E-state index contributed by atoms with van der Waals surface area (Å²) in [5, 5.41) is 0. The van der Waals surface area contributed by atoms with Crippen molar-refractivity contribution in [3.05, 3.63) is 35.1 Å². The maximum atomic E-state index is 14.1. The Bertz CT molecular complexity index is 546. The van der Waals surface area contributed by atoms with E-state index in [2.05, 4.69) is 11.8 Å². The minimum atomic E-state index is -0.404. The van der Waals surface area contributed by atoms with Crippen LogP contribution >= 0.6 is 0 Å². The molecule has 1 amide bonds. The van der Waals surface area contributed by atoms with Gasteiger partial charge in [0.2, 0.25) is 0 Å². The topological polar surface area (TPSA) is 23.6 Å². The van der Waals surface area contributed by atoms with E-state index in [1.54, 1.807) is 12.1 Å². The number of carbonyl (C=O) groups excluding carboxylic acids is 1. The molecule has 4 heteroatoms. The number of hydrogen-bond acceptors (Lipinski definition) is 2. The van der Waals surface area contributed by atoms with E-state index in [1.165, 1.54) is 18.9 Å². The molecule has 1 aromatic rings. The first-order valence-electron chi connectivity index (χ1n) is 7.87. The van der Waals surface area contributed by atoms with Crippen molar-refractivity contribution >= 4 is 5.91 Å². The molecule has 0 saturated carbocycles. The number of amides is 1. The lowest BCUT2D eigenvalue weighted by molar-refractivity contribution is 0.0149. The summed E-state index contributed by atoms with van der Waals surface area (Å²) >= 11 is 0. The molecule has 2 atom stereocenters. The van der Waals surface area contributed by atoms with E-state index in [9.17, 15) is 9.18 Å². The number of rotatable bonds is 1. The zero-order valence-corrected chi connectivity index (χ0v) is 12.8. The third kappa shape index (κ3) is 2.82. The van der Waals surface area contributed by atoms with Crippen molar-refractivity contribution in [3.63, 3.8) is 0 Å². The zero-order valence-electron chi connectivity index (χ0n) is 12.8. The van der Waals surface area contributed by atoms with Crippen molar-refractivity contribution in [2.75, 3.05) is 19.6 Å². The van der Waals surface area contributed by atoms with Crippen LogP contribution in [0.3, 0.4) is 0 Å². The van der Waals surface area contributed by atoms with Crippen LogP contribution in [0.4, 0.5) is 4.39 Å². The highest BCUT2D eigenvalue weighted by molar-refractivity contribution is 5.94. The minimum Gasteiger partial charge on any atom is -0.333 e. The van der Waals surface area contributed by atoms with E-state index in [0.717, 1.165) is 31.6 Å². The SMILES string of the molecule is Cc1ccc(C(=O)N2CC3CCCCN3CC2C)c(F)c1. The van der Waals surface area contributed by atoms with Crippen LogP contribution in [0.2, 0.25) is 0 Å². The lowest BCUT2D eigenvalue weighted by Crippen LogP contribution is -2.60. The first-order chi connectivity index (χ1) is 10.1. The summed E-state index contributed by atoms with van der Waals surface area (Å²) in [5.74, 6) is -0.566. The number of hydrogen-bond donors (Lipinski definition) is 0. The lowest BCUT2D eigenvalue weighted by atomic mass is 9.96. The number of carbonyl (C=O) groups is 1. The van der Waals surface area contributed by atoms with Crippen LogP contribution in [-0.2, 0) is 0 Å². The molecule has 21 heavy (non-hydrogen) atoms. The predicted octanol–water partition coefficient (Wildman–Crippen LogP) is 2.83. The Balaban J connectivity index is 1.80. The molecule has 114 valence electrons. The average Bonchev–Trinajstić information content (AvgIpc) is 2.46. The monoisotopic (exact) mass is 290 g/mol. The second-order valence-electron chi connectivity index (χ2n) is 6.43. The summed E-state index contributed by atoms with van der Waals surface area (Å²) in [7, 11) is 0. The van der Waals surface area contributed by atoms with E-state index in [1.807, 2.05) is 11.8 Å². The van der Waals surface area contributed by atoms with Gasteiger partial charge in [-0.25, -0.2) is 4.39 Å². The van der Waals surface area contributed by atoms with Crippen LogP contribution in [0.15, 0.2) is 18.2 Å². The van der Waals surface area contributed by atoms with Gasteiger partial charge in [0.15, 0.2) is 0 Å². The molecular weight excluding hydrogens is 267 g/mol. The Morgan fingerprint density at radius 2 is 2.10 bits per heavy atom. The van der Waals surface area contributed by atoms with Gasteiger partial charge in [-0.1, -0.05) is 12.5 Å². The molecule has 2 saturated heterocycles. The highest BCUT2D eigenvalue weighted by Gasteiger charge is 2.36. The van der Waals surface area contributed by atoms with Gasteiger partial charge < -0.3 is 4.90 Å². The maximum Gasteiger partial charge on any atom is 0.257 e. The molecule has 0 spiro atoms. The first kappa shape index (κ1) is 14.5. The molecule has 0 aromatic heterocycles. The third-order valence-corrected chi connectivity index (χ3v) is 4.80. The van der Waals surface area contributed by atoms with E-state index in [4.69, 9.17) is 0 Å². The molecule has 2 heterocycles. The summed E-state index contributed by atoms with van der Waals surface area (Å²) in [4.78, 5) is 17.0. The molecule has 2 aliphatic rings. The largest absolute Gasteiger partial charge is 0.333 e. The fourth-order valence-corrected chi connectivity index (χ4v) is 3.58. The Labute approximate surface area is 125 Å². The summed E-state index contributed by atoms with van der Waals surface area (Å²) < 4.78 is 14.1. The van der Waals surface area contributed by atoms with E-state index >= 15 is 0 Å². The van der Waals surface area contributed by atoms with Gasteiger partial charge >= 0.3 is 0 Å². The standard InChI is InChI=1S/C17H23FN2O/c1-12-6-7-15(16(18)9-12)17(21)20-11-14-5-3-4-8-19(14)10-13(20)2/h6-7,9,13-14H,3-5,8,10-11H2,1-2H3. The molecule has 1 aromatic carbocycles. The van der Waals surface area contributed by atoms with E-state index in [0.29, 0.717) is 6.04 Å². The van der Waals surface area contributed by atoms with Crippen LogP contribution in [0, 0.1) is 12.7 Å². The van der Waals surface area contributed by atoms with Gasteiger partial charge in [0.1, 0.15) is 5.82 Å². The van der Waals surface area contributed by atoms with Gasteiger partial charge in [0.25, 0.3) is 5.91 Å². The number of nitrogens with zero attached hydrogens (tertiary/aromatic N) is 2. The second-order valence-corrected chi connectivity index (χ2v) is 6.43. The number of piperazine rings is 1. The molecule has 3 rings (SSSR count). The minimum absolute atomic E-state index is 0.146. The van der Waals surface area contributed by atoms with Crippen molar-refractivity contribution in [3.8, 4) is 0 Å². The van der Waals surface area contributed by atoms with Crippen molar-refractivity contribution in [1.29, 1.82) is 0 Å². The van der Waals surface area contributed by atoms with Gasteiger partial charge in [0.05, 0.1) is 5.56 Å². The highest BCUT2D eigenvalue weighted by atomic mass is 19.1. The third-order valence-electron chi connectivity index (χ3n) is 4.80. The highest BCUT2D eigenvalue weighted by Crippen LogP contribution is 2.25. The summed E-state index contributed by atoms with van der Waals surface area (Å²) in [6.07, 6.45) is 3.63. The van der Waals surface area contributed by atoms with Crippen LogP contribution in [0.5, 0.6) is 0 Å². The van der Waals surface area contributed by atoms with E-state index in [-0.39, 0.29) is 17.5 Å². The quantitative estimate of drug-likeness (QED) is 0.794. The van der Waals surface area contributed by atoms with Gasteiger partial charge in [-0.05, 0) is 50.9 Å². The molecule has 0 bridgehead atoms. The van der Waals surface area contributed by atoms with Gasteiger partial charge in [-0.2, -0.15) is 0 Å². The Kier molecular flexibility index (Phi) is 3.98. The number of aryl methyl sites for hydroxylation is 1. The summed E-state index contributed by atoms with van der Waals surface area (Å²) in [6.45, 7) is 6.67. The van der Waals surface area contributed by atoms with Crippen LogP contribution < -0.4 is 0 Å². The maximum absolute atomic E-state index is 14.1. The summed E-state index contributed by atoms with van der Waals surface area (Å²) in [5.41, 5.74) is 1.05. The lowest BCUT2D eigenvalue weighted by Gasteiger charge is -2.47. The molecule has 0 aliphatic carbocycles. The van der Waals surface area contributed by atoms with Crippen molar-refractivity contribution in [2.45, 2.75) is 45.2 Å². The first-order valence-corrected chi connectivity index (χ1v) is 7.87. The fourth-order valence-electron chi connectivity index (χ4n) is 3.58. The zero-order chi connectivity index (χ0) is 15.0. The number of piperidine rings is 1. The number of benzene rings is 1. The molecule has 2 unspecified atom stereocenters. The van der Waals surface area contributed by atoms with Gasteiger partial charge in [-0.15, -0.1) is 0 Å². The average molecular weight is 290 g/mol. The van der Waals surface area contributed by atoms with Crippen molar-refractivity contribution in [2.24, 2.45) is 0 Å². The molecular formula is C17H23FN2O. The van der Waals surface area contributed by atoms with Crippen molar-refractivity contribution in [1.82, 2.24) is 9.80 Å². The Hall–Kier alpha value is -1.42. The van der Waals surface area contributed by atoms with Crippen LogP contribution in [-0.4, -0.2) is 47.4 Å². The molecule has 3 nitrogen and oxygen atoms in total. The van der Waals surface area contributed by atoms with Crippen LogP contribution in [0.25, 0.3) is 0 Å². The van der Waals surface area contributed by atoms with Gasteiger partial charge in [0, 0.05) is 25.2 Å². The Morgan fingerprint density at radius 3 is 2.86 bits per heavy atom. The number of fused-ring (bicyclic) bond motifs is 1. The number of halogens is 1. The summed E-state index contributed by atoms with van der Waals surface area (Å²) in [6, 6.07) is 5.46. The molecule has 0 N–H and O–H groups in total. The van der Waals surface area contributed by atoms with E-state index < -0.39 is 5.82 Å². The normalized spacial score (nSPS) is 26.5. The van der Waals surface area contributed by atoms with Crippen molar-refractivity contribution < 1.29 is 9.18 Å². The molecule has 2 fully saturated rings. The Morgan fingerprint density at radius 1 is 1.29 bits per heavy atom. The smallest absolute Gasteiger partial charge is 0.257 e. The molecule has 0 radical (unpaired) electrons. The molecule has 2 aliphatic heterocycles.